The van der Waals surface area contributed by atoms with Crippen molar-refractivity contribution < 1.29 is 14.2 Å². The molecule has 0 amide bonds. The summed E-state index contributed by atoms with van der Waals surface area (Å²) in [6, 6.07) is 13.0. The minimum Gasteiger partial charge on any atom is -0.491 e. The van der Waals surface area contributed by atoms with Gasteiger partial charge in [0.2, 0.25) is 5.79 Å². The molecule has 0 aliphatic carbocycles. The number of hydrogen-bond acceptors (Lipinski definition) is 7. The molecule has 2 aromatic heterocycles. The fourth-order valence-electron chi connectivity index (χ4n) is 3.81. The molecule has 0 saturated carbocycles. The SMILES string of the molecule is CSc1nncn1-c1ccc(OC[C@@H]2CO[C@@](Cn3ccnc3)(c3ccc(Cl)cc3Cl)O2)cc1. The monoisotopic (exact) mass is 517 g/mol. The summed E-state index contributed by atoms with van der Waals surface area (Å²) in [6.45, 7) is 1.05. The molecular weight excluding hydrogens is 497 g/mol. The maximum absolute atomic E-state index is 6.53. The summed E-state index contributed by atoms with van der Waals surface area (Å²) in [6.07, 6.45) is 8.62. The lowest BCUT2D eigenvalue weighted by atomic mass is 10.1. The van der Waals surface area contributed by atoms with E-state index in [4.69, 9.17) is 37.4 Å². The van der Waals surface area contributed by atoms with Gasteiger partial charge in [-0.3, -0.25) is 4.57 Å². The molecule has 3 heterocycles. The van der Waals surface area contributed by atoms with Gasteiger partial charge >= 0.3 is 0 Å². The van der Waals surface area contributed by atoms with E-state index in [-0.39, 0.29) is 6.10 Å². The van der Waals surface area contributed by atoms with Crippen LogP contribution in [-0.4, -0.2) is 49.9 Å². The van der Waals surface area contributed by atoms with Crippen LogP contribution in [0.5, 0.6) is 5.75 Å². The van der Waals surface area contributed by atoms with Gasteiger partial charge in [-0.15, -0.1) is 10.2 Å². The van der Waals surface area contributed by atoms with E-state index in [1.807, 2.05) is 51.9 Å². The number of rotatable bonds is 8. The van der Waals surface area contributed by atoms with Crippen LogP contribution in [0.25, 0.3) is 5.69 Å². The minimum absolute atomic E-state index is 0.295. The quantitative estimate of drug-likeness (QED) is 0.309. The number of imidazole rings is 1. The molecule has 2 aromatic carbocycles. The van der Waals surface area contributed by atoms with E-state index in [9.17, 15) is 0 Å². The Kier molecular flexibility index (Phi) is 6.80. The summed E-state index contributed by atoms with van der Waals surface area (Å²) in [4.78, 5) is 4.12. The normalized spacial score (nSPS) is 20.0. The average molecular weight is 518 g/mol. The van der Waals surface area contributed by atoms with Crippen LogP contribution in [0.4, 0.5) is 0 Å². The molecule has 5 rings (SSSR count). The maximum Gasteiger partial charge on any atom is 0.215 e. The first-order chi connectivity index (χ1) is 16.6. The molecule has 176 valence electrons. The van der Waals surface area contributed by atoms with Gasteiger partial charge in [-0.05, 0) is 42.7 Å². The molecule has 1 saturated heterocycles. The first kappa shape index (κ1) is 23.2. The average Bonchev–Trinajstić information content (AvgIpc) is 3.60. The Bertz CT molecular complexity index is 1250. The third kappa shape index (κ3) is 4.80. The van der Waals surface area contributed by atoms with Gasteiger partial charge in [0, 0.05) is 28.7 Å². The molecular formula is C23H21Cl2N5O3S. The molecule has 1 aliphatic rings. The molecule has 0 bridgehead atoms. The fourth-order valence-corrected chi connectivity index (χ4v) is 4.84. The van der Waals surface area contributed by atoms with Crippen LogP contribution in [0.3, 0.4) is 0 Å². The van der Waals surface area contributed by atoms with E-state index in [1.165, 1.54) is 11.8 Å². The van der Waals surface area contributed by atoms with Gasteiger partial charge in [-0.25, -0.2) is 4.98 Å². The summed E-state index contributed by atoms with van der Waals surface area (Å²) in [5.74, 6) is -0.356. The van der Waals surface area contributed by atoms with Crippen molar-refractivity contribution in [2.45, 2.75) is 23.6 Å². The van der Waals surface area contributed by atoms with Crippen molar-refractivity contribution in [1.29, 1.82) is 0 Å². The highest BCUT2D eigenvalue weighted by Crippen LogP contribution is 2.40. The molecule has 0 unspecified atom stereocenters. The van der Waals surface area contributed by atoms with Crippen molar-refractivity contribution in [2.75, 3.05) is 19.5 Å². The molecule has 2 atom stereocenters. The Morgan fingerprint density at radius 1 is 1.18 bits per heavy atom. The summed E-state index contributed by atoms with van der Waals surface area (Å²) < 4.78 is 22.5. The van der Waals surface area contributed by atoms with Gasteiger partial charge in [-0.2, -0.15) is 0 Å². The van der Waals surface area contributed by atoms with Gasteiger partial charge in [0.15, 0.2) is 5.16 Å². The van der Waals surface area contributed by atoms with Crippen molar-refractivity contribution in [2.24, 2.45) is 0 Å². The standard InChI is InChI=1S/C23H21Cl2N5O3S/c1-34-22-28-27-15-30(22)17-3-5-18(6-4-17)31-11-19-12-32-23(33-19,13-29-9-8-26-14-29)20-7-2-16(24)10-21(20)25/h2-10,14-15,19H,11-13H2,1H3/t19-,23-/m1/s1. The van der Waals surface area contributed by atoms with Crippen molar-refractivity contribution >= 4 is 35.0 Å². The molecule has 8 nitrogen and oxygen atoms in total. The van der Waals surface area contributed by atoms with E-state index >= 15 is 0 Å². The summed E-state index contributed by atoms with van der Waals surface area (Å²) >= 11 is 14.2. The van der Waals surface area contributed by atoms with Crippen molar-refractivity contribution in [3.63, 3.8) is 0 Å². The van der Waals surface area contributed by atoms with Crippen molar-refractivity contribution in [3.8, 4) is 11.4 Å². The molecule has 4 aromatic rings. The topological polar surface area (TPSA) is 76.2 Å². The van der Waals surface area contributed by atoms with Gasteiger partial charge in [0.05, 0.1) is 24.5 Å². The number of hydrogen-bond donors (Lipinski definition) is 0. The van der Waals surface area contributed by atoms with Crippen LogP contribution in [0.15, 0.2) is 72.7 Å². The second kappa shape index (κ2) is 9.97. The lowest BCUT2D eigenvalue weighted by molar-refractivity contribution is -0.189. The van der Waals surface area contributed by atoms with E-state index in [0.29, 0.717) is 35.4 Å². The molecule has 11 heteroatoms. The Morgan fingerprint density at radius 3 is 2.76 bits per heavy atom. The Morgan fingerprint density at radius 2 is 2.03 bits per heavy atom. The number of halogens is 2. The maximum atomic E-state index is 6.53. The zero-order chi connectivity index (χ0) is 23.5. The van der Waals surface area contributed by atoms with Crippen LogP contribution >= 0.6 is 35.0 Å². The van der Waals surface area contributed by atoms with Crippen LogP contribution in [-0.2, 0) is 21.8 Å². The second-order valence-electron chi connectivity index (χ2n) is 7.66. The second-order valence-corrected chi connectivity index (χ2v) is 9.27. The van der Waals surface area contributed by atoms with Crippen molar-refractivity contribution in [3.05, 3.63) is 83.1 Å². The first-order valence-corrected chi connectivity index (χ1v) is 12.4. The Hall–Kier alpha value is -2.56. The highest BCUT2D eigenvalue weighted by atomic mass is 35.5. The van der Waals surface area contributed by atoms with Gasteiger partial charge < -0.3 is 18.8 Å². The van der Waals surface area contributed by atoms with Crippen LogP contribution in [0.1, 0.15) is 5.56 Å². The number of thioether (sulfide) groups is 1. The molecule has 1 fully saturated rings. The molecule has 34 heavy (non-hydrogen) atoms. The van der Waals surface area contributed by atoms with E-state index in [1.54, 1.807) is 31.0 Å². The number of aromatic nitrogens is 5. The van der Waals surface area contributed by atoms with Gasteiger partial charge in [0.1, 0.15) is 24.8 Å². The number of benzene rings is 2. The van der Waals surface area contributed by atoms with Gasteiger partial charge in [-0.1, -0.05) is 41.0 Å². The summed E-state index contributed by atoms with van der Waals surface area (Å²) in [5, 5.41) is 9.89. The lowest BCUT2D eigenvalue weighted by Gasteiger charge is -2.30. The predicted molar refractivity (Wildman–Crippen MR) is 130 cm³/mol. The number of nitrogens with zero attached hydrogens (tertiary/aromatic N) is 5. The molecule has 0 radical (unpaired) electrons. The summed E-state index contributed by atoms with van der Waals surface area (Å²) in [5.41, 5.74) is 1.66. The third-order valence-electron chi connectivity index (χ3n) is 5.40. The van der Waals surface area contributed by atoms with E-state index in [0.717, 1.165) is 16.6 Å². The molecule has 0 N–H and O–H groups in total. The van der Waals surface area contributed by atoms with Crippen LogP contribution < -0.4 is 4.74 Å². The third-order valence-corrected chi connectivity index (χ3v) is 6.59. The largest absolute Gasteiger partial charge is 0.491 e. The van der Waals surface area contributed by atoms with Crippen molar-refractivity contribution in [1.82, 2.24) is 24.3 Å². The molecule has 1 aliphatic heterocycles. The Balaban J connectivity index is 1.29. The minimum atomic E-state index is -1.08. The number of ether oxygens (including phenoxy) is 3. The Labute approximate surface area is 210 Å². The van der Waals surface area contributed by atoms with Crippen LogP contribution in [0, 0.1) is 0 Å². The van der Waals surface area contributed by atoms with Crippen LogP contribution in [0.2, 0.25) is 10.0 Å². The highest BCUT2D eigenvalue weighted by molar-refractivity contribution is 7.98. The fraction of sp³-hybridized carbons (Fsp3) is 0.261. The first-order valence-electron chi connectivity index (χ1n) is 10.5. The highest BCUT2D eigenvalue weighted by Gasteiger charge is 2.45. The van der Waals surface area contributed by atoms with E-state index < -0.39 is 5.79 Å². The summed E-state index contributed by atoms with van der Waals surface area (Å²) in [7, 11) is 0. The lowest BCUT2D eigenvalue weighted by Crippen LogP contribution is -2.34. The predicted octanol–water partition coefficient (Wildman–Crippen LogP) is 4.84. The van der Waals surface area contributed by atoms with Gasteiger partial charge in [0.25, 0.3) is 0 Å². The smallest absolute Gasteiger partial charge is 0.215 e. The van der Waals surface area contributed by atoms with E-state index in [2.05, 4.69) is 15.2 Å². The zero-order valence-electron chi connectivity index (χ0n) is 18.2. The molecule has 0 spiro atoms. The zero-order valence-corrected chi connectivity index (χ0v) is 20.5.